The first-order chi connectivity index (χ1) is 65.6. The van der Waals surface area contributed by atoms with E-state index >= 15 is 56.7 Å². The third kappa shape index (κ3) is 28.4. The fraction of sp³-hybridized carbons (Fsp3) is 0.449. The van der Waals surface area contributed by atoms with E-state index in [0.29, 0.717) is 69.0 Å². The van der Waals surface area contributed by atoms with E-state index in [1.807, 2.05) is 0 Å². The zero-order valence-electron chi connectivity index (χ0n) is 78.2. The number of hydrogen-bond donors (Lipinski definition) is 15. The minimum atomic E-state index is -2.04. The number of para-hydroxylation sites is 1. The molecule has 740 valence electrons. The second-order valence-electron chi connectivity index (χ2n) is 36.0. The van der Waals surface area contributed by atoms with Crippen molar-refractivity contribution in [2.75, 3.05) is 52.3 Å². The number of benzene rings is 6. The quantitative estimate of drug-likeness (QED) is 0.0408. The number of carbonyl (C=O) groups is 16. The second kappa shape index (κ2) is 49.2. The number of halogens is 3. The molecular weight excluding hydrogens is 1810 g/mol. The summed E-state index contributed by atoms with van der Waals surface area (Å²) in [5.41, 5.74) is 7.87. The van der Waals surface area contributed by atoms with Gasteiger partial charge in [0.1, 0.15) is 90.0 Å². The number of aromatic amines is 1. The topological polar surface area (TPSA) is 520 Å². The number of nitrogens with two attached hydrogens (primary N) is 1. The van der Waals surface area contributed by atoms with Crippen LogP contribution in [0.2, 0.25) is 0 Å². The summed E-state index contributed by atoms with van der Waals surface area (Å²) in [6.07, 6.45) is -2.98. The van der Waals surface area contributed by atoms with E-state index in [2.05, 4.69) is 52.8 Å². The molecule has 0 radical (unpaired) electrons. The first-order valence-electron chi connectivity index (χ1n) is 45.8. The third-order valence-electron chi connectivity index (χ3n) is 24.9. The number of H-pyrrole nitrogens is 1. The standard InChI is InChI=1S/C98H121F3N16O20S/c1-10-11-27-76-97(136)117-50-63(120)46-78(117)92(131)107-71(47-82(123)124)89(128)111-84(54(4)5)98(137)114(8)77(44-56-21-14-12-15-22-56)91(130)109-73(42-59-31-35-62(119)36-32-59)95(134)116-37-20-28-75(116)90(129)112-85(55(6)65-48-103-68-26-19-18-25-64(65)68)93(132)108-70(41-58-29-33-61(118)34-30-58)88(127)106-69(38-53(2)3)87(126)110-74(86(125)104-49-80(102)121)51-138-52-81(122)105-72(43-60-39-66(99)83(101)67(100)40-60)94(133)115(9)79(96(135)113(76)7)45-57-23-16-13-17-24-57/h12-19,21-26,29-36,39-40,48,53-55,63,69-79,84-85,103,118-120H,10-11,20,27-28,37-38,41-47,49-52H2,1-9H3,(H2,102,121)(H,104,125)(H,105,122)(H,106,127)(H,107,131)(H,108,132)(H,109,130)(H,110,126)(H,111,128)(H,112,129)(H,123,124)/t55-,63-,69-,70-,71-,72-,73-,74-,75+,76-,77+,78+,79-,84-,85-/m0/s1. The number of amides is 15. The number of carboxylic acids is 1. The summed E-state index contributed by atoms with van der Waals surface area (Å²) in [6.45, 7) is 8.45. The van der Waals surface area contributed by atoms with Crippen LogP contribution < -0.4 is 53.6 Å². The molecule has 3 aliphatic heterocycles. The summed E-state index contributed by atoms with van der Waals surface area (Å²) in [5.74, 6) is -25.8. The molecule has 15 amide bonds. The van der Waals surface area contributed by atoms with E-state index in [1.54, 1.807) is 119 Å². The summed E-state index contributed by atoms with van der Waals surface area (Å²) in [6, 6.07) is 14.4. The minimum absolute atomic E-state index is 0.0129. The van der Waals surface area contributed by atoms with E-state index in [0.717, 1.165) is 19.6 Å². The highest BCUT2D eigenvalue weighted by molar-refractivity contribution is 8.00. The molecule has 0 saturated carbocycles. The number of aliphatic carboxylic acids is 1. The molecule has 16 N–H and O–H groups in total. The monoisotopic (exact) mass is 1930 g/mol. The Morgan fingerprint density at radius 2 is 1.04 bits per heavy atom. The fourth-order valence-corrected chi connectivity index (χ4v) is 18.2. The van der Waals surface area contributed by atoms with Gasteiger partial charge in [-0.15, -0.1) is 11.8 Å². The van der Waals surface area contributed by atoms with Gasteiger partial charge < -0.3 is 103 Å². The molecule has 3 aliphatic rings. The van der Waals surface area contributed by atoms with Crippen LogP contribution in [0.1, 0.15) is 132 Å². The Labute approximate surface area is 800 Å². The number of phenols is 2. The van der Waals surface area contributed by atoms with E-state index in [1.165, 1.54) is 88.4 Å². The Hall–Kier alpha value is -13.9. The molecular formula is C98H121F3N16O20S. The molecule has 36 nitrogen and oxygen atoms in total. The number of aromatic hydroxyl groups is 2. The average Bonchev–Trinajstić information content (AvgIpc) is 1.71. The molecule has 0 unspecified atom stereocenters. The lowest BCUT2D eigenvalue weighted by atomic mass is 9.91. The molecule has 138 heavy (non-hydrogen) atoms. The number of aromatic nitrogens is 1. The van der Waals surface area contributed by atoms with Crippen LogP contribution in [0, 0.1) is 29.3 Å². The molecule has 0 spiro atoms. The van der Waals surface area contributed by atoms with Gasteiger partial charge in [0.15, 0.2) is 17.5 Å². The largest absolute Gasteiger partial charge is 0.508 e. The third-order valence-corrected chi connectivity index (χ3v) is 25.9. The molecule has 10 rings (SSSR count). The van der Waals surface area contributed by atoms with Crippen molar-refractivity contribution in [3.8, 4) is 11.5 Å². The van der Waals surface area contributed by atoms with Crippen LogP contribution in [0.15, 0.2) is 152 Å². The predicted molar refractivity (Wildman–Crippen MR) is 502 cm³/mol. The van der Waals surface area contributed by atoms with Crippen LogP contribution in [0.3, 0.4) is 0 Å². The molecule has 7 aromatic rings. The molecule has 6 aromatic carbocycles. The van der Waals surface area contributed by atoms with Crippen molar-refractivity contribution in [3.05, 3.63) is 203 Å². The summed E-state index contributed by atoms with van der Waals surface area (Å²) in [4.78, 5) is 248. The van der Waals surface area contributed by atoms with Gasteiger partial charge in [0.05, 0.1) is 24.8 Å². The van der Waals surface area contributed by atoms with E-state index in [9.17, 15) is 53.6 Å². The highest BCUT2D eigenvalue weighted by Crippen LogP contribution is 2.32. The number of fused-ring (bicyclic) bond motifs is 3. The summed E-state index contributed by atoms with van der Waals surface area (Å²) in [7, 11) is 3.67. The molecule has 3 fully saturated rings. The van der Waals surface area contributed by atoms with Gasteiger partial charge in [-0.05, 0) is 113 Å². The van der Waals surface area contributed by atoms with Crippen LogP contribution in [-0.2, 0) is 109 Å². The predicted octanol–water partition coefficient (Wildman–Crippen LogP) is 3.34. The van der Waals surface area contributed by atoms with Gasteiger partial charge in [-0.3, -0.25) is 76.7 Å². The smallest absolute Gasteiger partial charge is 0.305 e. The van der Waals surface area contributed by atoms with Crippen LogP contribution in [0.25, 0.3) is 10.9 Å². The molecule has 40 heteroatoms. The van der Waals surface area contributed by atoms with Gasteiger partial charge >= 0.3 is 5.97 Å². The Morgan fingerprint density at radius 1 is 0.522 bits per heavy atom. The number of phenolic OH excluding ortho intramolecular Hbond substituents is 2. The maximum absolute atomic E-state index is 15.9. The molecule has 0 aliphatic carbocycles. The van der Waals surface area contributed by atoms with E-state index in [4.69, 9.17) is 5.73 Å². The number of rotatable bonds is 23. The van der Waals surface area contributed by atoms with Crippen molar-refractivity contribution in [3.63, 3.8) is 0 Å². The zero-order chi connectivity index (χ0) is 101. The Balaban J connectivity index is 1.07. The lowest BCUT2D eigenvalue weighted by Gasteiger charge is -2.38. The number of hydrogen-bond acceptors (Lipinski definition) is 20. The molecule has 0 bridgehead atoms. The van der Waals surface area contributed by atoms with Gasteiger partial charge in [-0.25, -0.2) is 13.2 Å². The SMILES string of the molecule is CCCC[C@H]1C(=O)N2C[C@@H](O)C[C@@H]2C(=O)N[C@@H](CC(=O)O)C(=O)N[C@@H](C(C)C)C(=O)N(C)[C@H](Cc2ccccc2)C(=O)N[C@@H](Cc2ccc(O)cc2)C(=O)N2CCC[C@@H]2C(=O)N[C@@H]([C@@H](C)c2c[nH]c3ccccc23)C(=O)N[C@@H](Cc2ccc(O)cc2)C(=O)N[C@@H](CC(C)C)C(=O)N[C@H](C(=O)NCC(N)=O)CSCC(=O)N[C@@H](Cc2cc(F)c(F)c(F)c2)C(=O)N(C)[C@@H](Cc2ccccc2)C(=O)N1C. The number of nitrogens with one attached hydrogen (secondary N) is 10. The maximum Gasteiger partial charge on any atom is 0.305 e. The Morgan fingerprint density at radius 3 is 1.63 bits per heavy atom. The lowest BCUT2D eigenvalue weighted by Crippen LogP contribution is -2.62. The van der Waals surface area contributed by atoms with Crippen molar-refractivity contribution in [2.45, 2.75) is 216 Å². The number of nitrogens with zero attached hydrogens (tertiary/aromatic N) is 5. The summed E-state index contributed by atoms with van der Waals surface area (Å²) < 4.78 is 45.2. The molecule has 15 atom stereocenters. The molecule has 3 saturated heterocycles. The van der Waals surface area contributed by atoms with E-state index < -0.39 is 258 Å². The van der Waals surface area contributed by atoms with Gasteiger partial charge in [0.25, 0.3) is 0 Å². The number of unbranched alkanes of at least 4 members (excludes halogenated alkanes) is 1. The normalized spacial score (nSPS) is 23.9. The van der Waals surface area contributed by atoms with E-state index in [-0.39, 0.29) is 81.4 Å². The maximum atomic E-state index is 15.9. The highest BCUT2D eigenvalue weighted by Gasteiger charge is 2.48. The number of carboxylic acid groups (broad SMARTS) is 1. The van der Waals surface area contributed by atoms with Gasteiger partial charge in [-0.1, -0.05) is 158 Å². The summed E-state index contributed by atoms with van der Waals surface area (Å²) in [5, 5.41) is 67.2. The first kappa shape index (κ1) is 106. The average molecular weight is 1930 g/mol. The highest BCUT2D eigenvalue weighted by atomic mass is 32.2. The fourth-order valence-electron chi connectivity index (χ4n) is 17.3. The number of likely N-dealkylation sites (N-methyl/N-ethyl adjacent to an activating group) is 3. The zero-order valence-corrected chi connectivity index (χ0v) is 79.0. The molecule has 4 heterocycles. The summed E-state index contributed by atoms with van der Waals surface area (Å²) >= 11 is 0.662. The van der Waals surface area contributed by atoms with Gasteiger partial charge in [0.2, 0.25) is 88.6 Å². The number of carbonyl (C=O) groups excluding carboxylic acids is 15. The lowest BCUT2D eigenvalue weighted by molar-refractivity contribution is -0.152. The van der Waals surface area contributed by atoms with Crippen LogP contribution >= 0.6 is 11.8 Å². The minimum Gasteiger partial charge on any atom is -0.508 e. The number of thioether (sulfide) groups is 1. The van der Waals surface area contributed by atoms with Crippen molar-refractivity contribution in [1.82, 2.24) is 77.3 Å². The van der Waals surface area contributed by atoms with Crippen molar-refractivity contribution >= 4 is 117 Å². The second-order valence-corrected chi connectivity index (χ2v) is 37.0. The Kier molecular flexibility index (Phi) is 37.8. The van der Waals surface area contributed by atoms with Crippen molar-refractivity contribution in [2.24, 2.45) is 17.6 Å². The van der Waals surface area contributed by atoms with Crippen molar-refractivity contribution in [1.29, 1.82) is 0 Å². The Bertz CT molecular complexity index is 5530. The first-order valence-corrected chi connectivity index (χ1v) is 46.9. The number of aliphatic hydroxyl groups excluding tert-OH is 1. The number of aliphatic hydroxyl groups is 1. The van der Waals surface area contributed by atoms with Crippen LogP contribution in [0.5, 0.6) is 11.5 Å². The molecule has 1 aromatic heterocycles. The van der Waals surface area contributed by atoms with Crippen molar-refractivity contribution < 1.29 is 110 Å². The van der Waals surface area contributed by atoms with Crippen LogP contribution in [-0.4, -0.2) is 281 Å². The van der Waals surface area contributed by atoms with Gasteiger partial charge in [-0.2, -0.15) is 0 Å². The number of primary amides is 1. The van der Waals surface area contributed by atoms with Crippen LogP contribution in [0.4, 0.5) is 13.2 Å². The van der Waals surface area contributed by atoms with Gasteiger partial charge in [0, 0.05) is 102 Å².